The van der Waals surface area contributed by atoms with E-state index in [2.05, 4.69) is 31.2 Å². The third-order valence-electron chi connectivity index (χ3n) is 4.74. The van der Waals surface area contributed by atoms with Crippen molar-refractivity contribution < 1.29 is 24.2 Å². The molecule has 172 valence electrons. The number of aromatic nitrogens is 2. The van der Waals surface area contributed by atoms with Gasteiger partial charge >= 0.3 is 0 Å². The highest BCUT2D eigenvalue weighted by molar-refractivity contribution is 9.10. The van der Waals surface area contributed by atoms with Crippen molar-refractivity contribution in [1.29, 1.82) is 0 Å². The molecule has 0 atom stereocenters. The van der Waals surface area contributed by atoms with Crippen molar-refractivity contribution in [2.45, 2.75) is 6.61 Å². The van der Waals surface area contributed by atoms with Crippen LogP contribution in [0.15, 0.2) is 64.4 Å². The highest BCUT2D eigenvalue weighted by Gasteiger charge is 2.32. The third-order valence-corrected chi connectivity index (χ3v) is 6.38. The average molecular weight is 541 g/mol. The third kappa shape index (κ3) is 5.26. The Balaban J connectivity index is 1.43. The molecule has 11 heteroatoms. The van der Waals surface area contributed by atoms with Gasteiger partial charge in [-0.25, -0.2) is 4.98 Å². The zero-order valence-electron chi connectivity index (χ0n) is 17.7. The number of phenols is 1. The van der Waals surface area contributed by atoms with Crippen molar-refractivity contribution >= 4 is 56.6 Å². The summed E-state index contributed by atoms with van der Waals surface area (Å²) >= 11 is 4.19. The maximum atomic E-state index is 12.2. The Hall–Kier alpha value is -3.70. The van der Waals surface area contributed by atoms with E-state index in [1.807, 2.05) is 0 Å². The number of nitrogens with zero attached hydrogens (tertiary/aromatic N) is 3. The van der Waals surface area contributed by atoms with Crippen LogP contribution in [-0.2, 0) is 11.4 Å². The van der Waals surface area contributed by atoms with Gasteiger partial charge in [0, 0.05) is 35.7 Å². The number of hydrogen-bond acceptors (Lipinski definition) is 8. The lowest BCUT2D eigenvalue weighted by molar-refractivity contribution is -0.121. The van der Waals surface area contributed by atoms with E-state index in [1.165, 1.54) is 19.3 Å². The molecule has 34 heavy (non-hydrogen) atoms. The molecular formula is C23H17BrN4O5S. The Labute approximate surface area is 207 Å². The first-order valence-corrected chi connectivity index (χ1v) is 11.5. The van der Waals surface area contributed by atoms with Gasteiger partial charge in [0.15, 0.2) is 11.5 Å². The van der Waals surface area contributed by atoms with Gasteiger partial charge in [-0.1, -0.05) is 22.0 Å². The number of nitrogens with one attached hydrogen (secondary N) is 1. The molecule has 0 radical (unpaired) electrons. The minimum Gasteiger partial charge on any atom is -0.504 e. The Bertz CT molecular complexity index is 1300. The Kier molecular flexibility index (Phi) is 6.94. The second-order valence-corrected chi connectivity index (χ2v) is 8.97. The summed E-state index contributed by atoms with van der Waals surface area (Å²) in [6.07, 6.45) is 6.16. The lowest BCUT2D eigenvalue weighted by Gasteiger charge is -2.11. The van der Waals surface area contributed by atoms with Crippen molar-refractivity contribution in [3.8, 4) is 11.5 Å². The number of pyridine rings is 2. The molecule has 4 rings (SSSR count). The maximum absolute atomic E-state index is 12.2. The van der Waals surface area contributed by atoms with Crippen molar-refractivity contribution in [2.75, 3.05) is 12.4 Å². The van der Waals surface area contributed by atoms with E-state index in [0.717, 1.165) is 16.7 Å². The zero-order valence-corrected chi connectivity index (χ0v) is 20.1. The van der Waals surface area contributed by atoms with E-state index in [9.17, 15) is 19.5 Å². The van der Waals surface area contributed by atoms with Gasteiger partial charge in [-0.05, 0) is 53.7 Å². The second-order valence-electron chi connectivity index (χ2n) is 7.12. The van der Waals surface area contributed by atoms with Gasteiger partial charge in [0.1, 0.15) is 12.4 Å². The minimum atomic E-state index is -0.390. The molecule has 3 heterocycles. The first-order valence-electron chi connectivity index (χ1n) is 9.85. The molecule has 0 aliphatic carbocycles. The predicted molar refractivity (Wildman–Crippen MR) is 130 cm³/mol. The number of hydrogen-bond donors (Lipinski definition) is 2. The number of phenolic OH excluding ortho intramolecular Hbond substituents is 1. The predicted octanol–water partition coefficient (Wildman–Crippen LogP) is 4.44. The molecule has 9 nitrogen and oxygen atoms in total. The quantitative estimate of drug-likeness (QED) is 0.440. The summed E-state index contributed by atoms with van der Waals surface area (Å²) in [5, 5.41) is 12.6. The number of benzene rings is 1. The van der Waals surface area contributed by atoms with Crippen LogP contribution in [0.3, 0.4) is 0 Å². The molecule has 1 fully saturated rings. The first kappa shape index (κ1) is 23.5. The van der Waals surface area contributed by atoms with E-state index >= 15 is 0 Å². The number of ether oxygens (including phenoxy) is 1. The summed E-state index contributed by atoms with van der Waals surface area (Å²) < 4.78 is 6.28. The molecule has 3 aromatic rings. The van der Waals surface area contributed by atoms with E-state index < -0.39 is 0 Å². The maximum Gasteiger partial charge on any atom is 0.293 e. The molecule has 2 aromatic heterocycles. The van der Waals surface area contributed by atoms with Gasteiger partial charge in [-0.2, -0.15) is 0 Å². The van der Waals surface area contributed by atoms with Gasteiger partial charge in [0.2, 0.25) is 0 Å². The highest BCUT2D eigenvalue weighted by Crippen LogP contribution is 2.37. The normalized spacial score (nSPS) is 14.5. The van der Waals surface area contributed by atoms with Gasteiger partial charge in [-0.3, -0.25) is 24.3 Å². The standard InChI is InChI=1S/C23H17BrN4O5S/c1-28-22(31)19(34-23(28)32)8-15-7-18(17(29)9-16(15)24)33-12-13-4-5-20(26-10-13)27-21(30)14-3-2-6-25-11-14/h2-11,29H,12H2,1H3,(H,26,27,30)/b19-8-. The molecular weight excluding hydrogens is 524 g/mol. The van der Waals surface area contributed by atoms with Crippen LogP contribution in [-0.4, -0.2) is 44.1 Å². The van der Waals surface area contributed by atoms with Crippen molar-refractivity contribution in [3.05, 3.63) is 81.1 Å². The number of likely N-dealkylation sites (N-methyl/N-ethyl adjacent to an activating group) is 1. The molecule has 3 amide bonds. The van der Waals surface area contributed by atoms with Crippen LogP contribution >= 0.6 is 27.7 Å². The molecule has 0 spiro atoms. The number of amides is 3. The Morgan fingerprint density at radius 1 is 1.26 bits per heavy atom. The summed E-state index contributed by atoms with van der Waals surface area (Å²) in [6, 6.07) is 9.72. The topological polar surface area (TPSA) is 122 Å². The Morgan fingerprint density at radius 3 is 2.74 bits per heavy atom. The number of halogens is 1. The smallest absolute Gasteiger partial charge is 0.293 e. The van der Waals surface area contributed by atoms with E-state index in [0.29, 0.717) is 27.0 Å². The van der Waals surface area contributed by atoms with Crippen molar-refractivity contribution in [2.24, 2.45) is 0 Å². The van der Waals surface area contributed by atoms with E-state index in [1.54, 1.807) is 48.8 Å². The monoisotopic (exact) mass is 540 g/mol. The molecule has 1 aliphatic rings. The number of anilines is 1. The fourth-order valence-electron chi connectivity index (χ4n) is 2.90. The largest absolute Gasteiger partial charge is 0.504 e. The average Bonchev–Trinajstić information content (AvgIpc) is 3.08. The van der Waals surface area contributed by atoms with Crippen LogP contribution < -0.4 is 10.1 Å². The van der Waals surface area contributed by atoms with E-state index in [4.69, 9.17) is 4.74 Å². The molecule has 1 saturated heterocycles. The molecule has 0 bridgehead atoms. The van der Waals surface area contributed by atoms with Gasteiger partial charge < -0.3 is 15.2 Å². The van der Waals surface area contributed by atoms with Crippen molar-refractivity contribution in [3.63, 3.8) is 0 Å². The summed E-state index contributed by atoms with van der Waals surface area (Å²) in [6.45, 7) is 0.101. The van der Waals surface area contributed by atoms with E-state index in [-0.39, 0.29) is 40.1 Å². The summed E-state index contributed by atoms with van der Waals surface area (Å²) in [7, 11) is 1.42. The fourth-order valence-corrected chi connectivity index (χ4v) is 4.17. The van der Waals surface area contributed by atoms with Crippen LogP contribution in [0.2, 0.25) is 0 Å². The summed E-state index contributed by atoms with van der Waals surface area (Å²) in [5.74, 6) is -0.242. The fraction of sp³-hybridized carbons (Fsp3) is 0.0870. The van der Waals surface area contributed by atoms with Gasteiger partial charge in [0.25, 0.3) is 17.1 Å². The van der Waals surface area contributed by atoms with Gasteiger partial charge in [-0.15, -0.1) is 0 Å². The molecule has 0 saturated carbocycles. The van der Waals surface area contributed by atoms with Gasteiger partial charge in [0.05, 0.1) is 10.5 Å². The number of imide groups is 1. The number of carbonyl (C=O) groups is 3. The SMILES string of the molecule is CN1C(=O)S/C(=C\c2cc(OCc3ccc(NC(=O)c4cccnc4)nc3)c(O)cc2Br)C1=O. The van der Waals surface area contributed by atoms with Crippen LogP contribution in [0.5, 0.6) is 11.5 Å². The summed E-state index contributed by atoms with van der Waals surface area (Å²) in [4.78, 5) is 45.5. The lowest BCUT2D eigenvalue weighted by Crippen LogP contribution is -2.22. The number of thioether (sulfide) groups is 1. The van der Waals surface area contributed by atoms with Crippen LogP contribution in [0.25, 0.3) is 6.08 Å². The zero-order chi connectivity index (χ0) is 24.2. The van der Waals surface area contributed by atoms with Crippen LogP contribution in [0.1, 0.15) is 21.5 Å². The van der Waals surface area contributed by atoms with Crippen LogP contribution in [0.4, 0.5) is 10.6 Å². The molecule has 0 unspecified atom stereocenters. The molecule has 1 aliphatic heterocycles. The number of carbonyl (C=O) groups excluding carboxylic acids is 3. The second kappa shape index (κ2) is 10.1. The first-order chi connectivity index (χ1) is 16.3. The minimum absolute atomic E-state index is 0.0964. The number of aromatic hydroxyl groups is 1. The lowest BCUT2D eigenvalue weighted by atomic mass is 10.2. The van der Waals surface area contributed by atoms with Crippen LogP contribution in [0, 0.1) is 0 Å². The summed E-state index contributed by atoms with van der Waals surface area (Å²) in [5.41, 5.74) is 1.69. The Morgan fingerprint density at radius 2 is 2.09 bits per heavy atom. The molecule has 2 N–H and O–H groups in total. The van der Waals surface area contributed by atoms with Crippen molar-refractivity contribution in [1.82, 2.24) is 14.9 Å². The number of rotatable bonds is 6. The highest BCUT2D eigenvalue weighted by atomic mass is 79.9. The molecule has 1 aromatic carbocycles.